The molecule has 3 nitrogen and oxygen atoms in total. The van der Waals surface area contributed by atoms with Crippen molar-refractivity contribution < 1.29 is 4.79 Å². The Bertz CT molecular complexity index is 457. The molecule has 0 saturated carbocycles. The molecule has 3 rings (SSSR count). The summed E-state index contributed by atoms with van der Waals surface area (Å²) in [5.41, 5.74) is 1.44. The average Bonchev–Trinajstić information content (AvgIpc) is 2.91. The predicted octanol–water partition coefficient (Wildman–Crippen LogP) is 2.84. The maximum absolute atomic E-state index is 12.8. The molecule has 20 heavy (non-hydrogen) atoms. The van der Waals surface area contributed by atoms with E-state index in [1.54, 1.807) is 11.3 Å². The van der Waals surface area contributed by atoms with E-state index in [1.165, 1.54) is 42.5 Å². The van der Waals surface area contributed by atoms with Crippen molar-refractivity contribution in [3.63, 3.8) is 0 Å². The van der Waals surface area contributed by atoms with Crippen molar-refractivity contribution in [2.24, 2.45) is 0 Å². The van der Waals surface area contributed by atoms with E-state index in [0.29, 0.717) is 6.04 Å². The van der Waals surface area contributed by atoms with E-state index in [1.807, 2.05) is 7.05 Å². The number of piperidine rings is 1. The van der Waals surface area contributed by atoms with Crippen LogP contribution < -0.4 is 5.32 Å². The second kappa shape index (κ2) is 6.27. The van der Waals surface area contributed by atoms with E-state index in [4.69, 9.17) is 0 Å². The highest BCUT2D eigenvalue weighted by Gasteiger charge is 2.28. The van der Waals surface area contributed by atoms with Gasteiger partial charge in [-0.3, -0.25) is 4.79 Å². The van der Waals surface area contributed by atoms with Crippen molar-refractivity contribution in [3.05, 3.63) is 21.4 Å². The Labute approximate surface area is 125 Å². The first kappa shape index (κ1) is 14.1. The summed E-state index contributed by atoms with van der Waals surface area (Å²) >= 11 is 1.75. The van der Waals surface area contributed by atoms with Gasteiger partial charge in [0.2, 0.25) is 0 Å². The number of carbonyl (C=O) groups excluding carboxylic acids is 1. The Morgan fingerprint density at radius 1 is 1.35 bits per heavy atom. The van der Waals surface area contributed by atoms with Gasteiger partial charge in [0.05, 0.1) is 4.88 Å². The summed E-state index contributed by atoms with van der Waals surface area (Å²) in [4.78, 5) is 17.4. The lowest BCUT2D eigenvalue weighted by Crippen LogP contribution is -2.47. The summed E-state index contributed by atoms with van der Waals surface area (Å²) in [5, 5.41) is 3.23. The highest BCUT2D eigenvalue weighted by Crippen LogP contribution is 2.31. The number of likely N-dealkylation sites (tertiary alicyclic amines) is 1. The third-order valence-corrected chi connectivity index (χ3v) is 5.76. The molecule has 1 unspecified atom stereocenters. The fraction of sp³-hybridized carbons (Fsp3) is 0.688. The number of aryl methyl sites for hydroxylation is 2. The smallest absolute Gasteiger partial charge is 0.264 e. The molecule has 0 bridgehead atoms. The van der Waals surface area contributed by atoms with Crippen molar-refractivity contribution >= 4 is 17.2 Å². The zero-order chi connectivity index (χ0) is 13.9. The molecule has 0 spiro atoms. The van der Waals surface area contributed by atoms with Crippen LogP contribution in [0.1, 0.15) is 52.2 Å². The van der Waals surface area contributed by atoms with Gasteiger partial charge in [0, 0.05) is 24.0 Å². The van der Waals surface area contributed by atoms with Gasteiger partial charge in [-0.1, -0.05) is 0 Å². The molecule has 1 aromatic rings. The maximum Gasteiger partial charge on any atom is 0.264 e. The summed E-state index contributed by atoms with van der Waals surface area (Å²) < 4.78 is 0. The number of nitrogens with one attached hydrogen (secondary N) is 1. The van der Waals surface area contributed by atoms with Gasteiger partial charge in [-0.25, -0.2) is 0 Å². The fourth-order valence-electron chi connectivity index (χ4n) is 3.45. The number of nitrogens with zero attached hydrogens (tertiary/aromatic N) is 1. The number of amides is 1. The third-order valence-electron chi connectivity index (χ3n) is 4.54. The number of likely N-dealkylation sites (N-methyl/N-ethyl adjacent to an activating group) is 1. The van der Waals surface area contributed by atoms with Crippen molar-refractivity contribution in [1.29, 1.82) is 0 Å². The molecular formula is C16H24N2OS. The van der Waals surface area contributed by atoms with E-state index in [2.05, 4.69) is 16.3 Å². The number of hydrogen-bond donors (Lipinski definition) is 1. The molecule has 1 aliphatic heterocycles. The summed E-state index contributed by atoms with van der Waals surface area (Å²) in [7, 11) is 1.97. The van der Waals surface area contributed by atoms with Gasteiger partial charge in [0.25, 0.3) is 5.91 Å². The predicted molar refractivity (Wildman–Crippen MR) is 83.6 cm³/mol. The van der Waals surface area contributed by atoms with E-state index in [9.17, 15) is 4.79 Å². The summed E-state index contributed by atoms with van der Waals surface area (Å²) in [6, 6.07) is 2.55. The first-order valence-corrected chi connectivity index (χ1v) is 8.68. The summed E-state index contributed by atoms with van der Waals surface area (Å²) in [5.74, 6) is 0.268. The second-order valence-corrected chi connectivity index (χ2v) is 7.11. The van der Waals surface area contributed by atoms with E-state index in [0.717, 1.165) is 30.8 Å². The van der Waals surface area contributed by atoms with Crippen LogP contribution in [0.2, 0.25) is 0 Å². The Hall–Kier alpha value is -0.870. The van der Waals surface area contributed by atoms with Gasteiger partial charge in [-0.15, -0.1) is 11.3 Å². The first-order chi connectivity index (χ1) is 9.79. The highest BCUT2D eigenvalue weighted by atomic mass is 32.1. The van der Waals surface area contributed by atoms with Gasteiger partial charge >= 0.3 is 0 Å². The number of fused-ring (bicyclic) bond motifs is 1. The molecule has 1 amide bonds. The van der Waals surface area contributed by atoms with Gasteiger partial charge < -0.3 is 10.2 Å². The van der Waals surface area contributed by atoms with Crippen LogP contribution in [0.15, 0.2) is 6.07 Å². The van der Waals surface area contributed by atoms with Crippen molar-refractivity contribution in [1.82, 2.24) is 10.2 Å². The second-order valence-electron chi connectivity index (χ2n) is 5.97. The van der Waals surface area contributed by atoms with Crippen LogP contribution in [0.4, 0.5) is 0 Å². The zero-order valence-electron chi connectivity index (χ0n) is 12.3. The Morgan fingerprint density at radius 2 is 2.20 bits per heavy atom. The Morgan fingerprint density at radius 3 is 3.00 bits per heavy atom. The number of hydrogen-bond acceptors (Lipinski definition) is 3. The van der Waals surface area contributed by atoms with Crippen molar-refractivity contribution in [3.8, 4) is 0 Å². The van der Waals surface area contributed by atoms with Crippen LogP contribution in [-0.4, -0.2) is 37.0 Å². The lowest BCUT2D eigenvalue weighted by Gasteiger charge is -2.35. The van der Waals surface area contributed by atoms with Gasteiger partial charge in [-0.05, 0) is 63.6 Å². The number of rotatable bonds is 3. The maximum atomic E-state index is 12.8. The molecular weight excluding hydrogens is 268 g/mol. The van der Waals surface area contributed by atoms with E-state index < -0.39 is 0 Å². The van der Waals surface area contributed by atoms with E-state index >= 15 is 0 Å². The molecule has 110 valence electrons. The van der Waals surface area contributed by atoms with Crippen molar-refractivity contribution in [2.75, 3.05) is 20.1 Å². The van der Waals surface area contributed by atoms with Crippen LogP contribution in [0, 0.1) is 0 Å². The minimum absolute atomic E-state index is 0.268. The summed E-state index contributed by atoms with van der Waals surface area (Å²) in [6.45, 7) is 1.84. The number of carbonyl (C=O) groups is 1. The monoisotopic (exact) mass is 292 g/mol. The lowest BCUT2D eigenvalue weighted by molar-refractivity contribution is 0.0620. The van der Waals surface area contributed by atoms with Gasteiger partial charge in [0.1, 0.15) is 0 Å². The van der Waals surface area contributed by atoms with Crippen LogP contribution >= 0.6 is 11.3 Å². The molecule has 1 saturated heterocycles. The van der Waals surface area contributed by atoms with Crippen LogP contribution in [0.25, 0.3) is 0 Å². The van der Waals surface area contributed by atoms with E-state index in [-0.39, 0.29) is 5.91 Å². The Balaban J connectivity index is 1.78. The first-order valence-electron chi connectivity index (χ1n) is 7.86. The average molecular weight is 292 g/mol. The fourth-order valence-corrected chi connectivity index (χ4v) is 4.66. The normalized spacial score (nSPS) is 22.6. The van der Waals surface area contributed by atoms with Gasteiger partial charge in [-0.2, -0.15) is 0 Å². The molecule has 0 radical (unpaired) electrons. The SMILES string of the molecule is CNCC1CCCCN1C(=O)c1cc2c(s1)CCCC2. The summed E-state index contributed by atoms with van der Waals surface area (Å²) in [6.07, 6.45) is 8.44. The van der Waals surface area contributed by atoms with Crippen LogP contribution in [-0.2, 0) is 12.8 Å². The largest absolute Gasteiger partial charge is 0.334 e. The van der Waals surface area contributed by atoms with Gasteiger partial charge in [0.15, 0.2) is 0 Å². The zero-order valence-corrected chi connectivity index (χ0v) is 13.1. The van der Waals surface area contributed by atoms with Crippen molar-refractivity contribution in [2.45, 2.75) is 51.0 Å². The van der Waals surface area contributed by atoms with Crippen LogP contribution in [0.3, 0.4) is 0 Å². The molecule has 1 atom stereocenters. The molecule has 1 fully saturated rings. The third kappa shape index (κ3) is 2.77. The molecule has 1 N–H and O–H groups in total. The topological polar surface area (TPSA) is 32.3 Å². The lowest BCUT2D eigenvalue weighted by atomic mass is 9.99. The molecule has 1 aliphatic carbocycles. The number of thiophene rings is 1. The minimum atomic E-state index is 0.268. The Kier molecular flexibility index (Phi) is 4.41. The minimum Gasteiger partial charge on any atom is -0.334 e. The molecule has 1 aromatic heterocycles. The molecule has 2 aliphatic rings. The van der Waals surface area contributed by atoms with Crippen LogP contribution in [0.5, 0.6) is 0 Å². The molecule has 0 aromatic carbocycles. The molecule has 4 heteroatoms. The molecule has 2 heterocycles. The quantitative estimate of drug-likeness (QED) is 0.929. The highest BCUT2D eigenvalue weighted by molar-refractivity contribution is 7.14. The standard InChI is InChI=1S/C16H24N2OS/c1-17-11-13-7-4-5-9-18(13)16(19)15-10-12-6-2-3-8-14(12)20-15/h10,13,17H,2-9,11H2,1H3.